The zero-order valence-corrected chi connectivity index (χ0v) is 13.2. The van der Waals surface area contributed by atoms with Gasteiger partial charge >= 0.3 is 0 Å². The summed E-state index contributed by atoms with van der Waals surface area (Å²) in [6.07, 6.45) is 7.39. The van der Waals surface area contributed by atoms with Crippen LogP contribution in [0, 0.1) is 5.92 Å². The molecule has 1 N–H and O–H groups in total. The highest BCUT2D eigenvalue weighted by molar-refractivity contribution is 5.40. The van der Waals surface area contributed by atoms with E-state index in [9.17, 15) is 0 Å². The van der Waals surface area contributed by atoms with E-state index in [1.807, 2.05) is 6.20 Å². The van der Waals surface area contributed by atoms with Crippen LogP contribution >= 0.6 is 0 Å². The van der Waals surface area contributed by atoms with Crippen LogP contribution in [-0.4, -0.2) is 24.6 Å². The summed E-state index contributed by atoms with van der Waals surface area (Å²) in [5.74, 6) is 2.08. The van der Waals surface area contributed by atoms with Crippen LogP contribution in [0.15, 0.2) is 18.3 Å². The van der Waals surface area contributed by atoms with E-state index in [4.69, 9.17) is 0 Å². The third-order valence-electron chi connectivity index (χ3n) is 4.42. The van der Waals surface area contributed by atoms with Gasteiger partial charge in [0.25, 0.3) is 0 Å². The molecule has 0 spiro atoms. The average molecular weight is 275 g/mol. The third kappa shape index (κ3) is 3.95. The van der Waals surface area contributed by atoms with Crippen molar-refractivity contribution in [3.8, 4) is 0 Å². The van der Waals surface area contributed by atoms with Crippen molar-refractivity contribution in [2.75, 3.05) is 24.5 Å². The largest absolute Gasteiger partial charge is 0.357 e. The molecule has 3 heteroatoms. The molecular formula is C17H29N3. The topological polar surface area (TPSA) is 28.2 Å². The first-order chi connectivity index (χ1) is 9.74. The molecule has 0 aromatic carbocycles. The van der Waals surface area contributed by atoms with Crippen molar-refractivity contribution in [1.29, 1.82) is 0 Å². The van der Waals surface area contributed by atoms with E-state index in [1.165, 1.54) is 44.3 Å². The van der Waals surface area contributed by atoms with Crippen LogP contribution in [0.2, 0.25) is 0 Å². The second kappa shape index (κ2) is 7.63. The monoisotopic (exact) mass is 275 g/mol. The maximum atomic E-state index is 4.66. The van der Waals surface area contributed by atoms with Gasteiger partial charge in [-0.15, -0.1) is 0 Å². The molecule has 0 aliphatic carbocycles. The maximum Gasteiger partial charge on any atom is 0.128 e. The number of nitrogens with zero attached hydrogens (tertiary/aromatic N) is 2. The van der Waals surface area contributed by atoms with Crippen molar-refractivity contribution in [3.63, 3.8) is 0 Å². The highest BCUT2D eigenvalue weighted by Gasteiger charge is 2.19. The minimum Gasteiger partial charge on any atom is -0.357 e. The average Bonchev–Trinajstić information content (AvgIpc) is 2.49. The van der Waals surface area contributed by atoms with Crippen molar-refractivity contribution in [3.05, 3.63) is 23.9 Å². The van der Waals surface area contributed by atoms with E-state index in [-0.39, 0.29) is 0 Å². The van der Waals surface area contributed by atoms with E-state index in [0.717, 1.165) is 18.3 Å². The molecule has 0 bridgehead atoms. The van der Waals surface area contributed by atoms with E-state index >= 15 is 0 Å². The van der Waals surface area contributed by atoms with Gasteiger partial charge in [-0.05, 0) is 43.9 Å². The predicted molar refractivity (Wildman–Crippen MR) is 86.2 cm³/mol. The van der Waals surface area contributed by atoms with Gasteiger partial charge in [0.2, 0.25) is 0 Å². The van der Waals surface area contributed by atoms with Crippen LogP contribution < -0.4 is 10.2 Å². The number of rotatable bonds is 6. The van der Waals surface area contributed by atoms with Crippen LogP contribution in [0.4, 0.5) is 5.82 Å². The van der Waals surface area contributed by atoms with E-state index in [0.29, 0.717) is 6.04 Å². The Morgan fingerprint density at radius 3 is 2.60 bits per heavy atom. The maximum absolute atomic E-state index is 4.66. The fourth-order valence-electron chi connectivity index (χ4n) is 3.12. The molecule has 1 aliphatic heterocycles. The molecule has 112 valence electrons. The highest BCUT2D eigenvalue weighted by atomic mass is 15.2. The molecule has 1 atom stereocenters. The van der Waals surface area contributed by atoms with Gasteiger partial charge in [-0.25, -0.2) is 4.98 Å². The summed E-state index contributed by atoms with van der Waals surface area (Å²) in [6, 6.07) is 4.79. The zero-order chi connectivity index (χ0) is 14.4. The molecular weight excluding hydrogens is 246 g/mol. The minimum absolute atomic E-state index is 0.386. The number of pyridine rings is 1. The first kappa shape index (κ1) is 15.3. The second-order valence-electron chi connectivity index (χ2n) is 5.95. The van der Waals surface area contributed by atoms with Gasteiger partial charge in [0, 0.05) is 25.3 Å². The molecule has 0 amide bonds. The number of hydrogen-bond donors (Lipinski definition) is 1. The Hall–Kier alpha value is -1.09. The number of piperidine rings is 1. The molecule has 2 heterocycles. The fraction of sp³-hybridized carbons (Fsp3) is 0.706. The van der Waals surface area contributed by atoms with Crippen LogP contribution in [0.5, 0.6) is 0 Å². The fourth-order valence-corrected chi connectivity index (χ4v) is 3.12. The van der Waals surface area contributed by atoms with E-state index in [1.54, 1.807) is 0 Å². The molecule has 1 aliphatic rings. The zero-order valence-electron chi connectivity index (χ0n) is 13.2. The quantitative estimate of drug-likeness (QED) is 0.856. The number of nitrogens with one attached hydrogen (secondary N) is 1. The molecule has 1 unspecified atom stereocenters. The van der Waals surface area contributed by atoms with Crippen molar-refractivity contribution < 1.29 is 0 Å². The molecule has 1 aromatic rings. The second-order valence-corrected chi connectivity index (χ2v) is 5.95. The summed E-state index contributed by atoms with van der Waals surface area (Å²) in [6.45, 7) is 9.95. The van der Waals surface area contributed by atoms with Crippen LogP contribution in [0.1, 0.15) is 58.1 Å². The van der Waals surface area contributed by atoms with Crippen molar-refractivity contribution in [1.82, 2.24) is 10.3 Å². The highest BCUT2D eigenvalue weighted by Crippen LogP contribution is 2.25. The molecule has 1 saturated heterocycles. The van der Waals surface area contributed by atoms with Gasteiger partial charge in [-0.1, -0.05) is 32.8 Å². The Labute approximate surface area is 123 Å². The van der Waals surface area contributed by atoms with Gasteiger partial charge < -0.3 is 10.2 Å². The Morgan fingerprint density at radius 1 is 1.30 bits per heavy atom. The minimum atomic E-state index is 0.386. The number of anilines is 1. The van der Waals surface area contributed by atoms with Crippen LogP contribution in [0.25, 0.3) is 0 Å². The Bertz CT molecular complexity index is 380. The normalized spacial score (nSPS) is 18.2. The standard InChI is InChI=1S/C17H29N3/c1-4-6-15-9-11-20(12-10-15)17-8-7-16(13-19-17)14(3)18-5-2/h7-8,13-15,18H,4-6,9-12H2,1-3H3. The van der Waals surface area contributed by atoms with Crippen molar-refractivity contribution >= 4 is 5.82 Å². The number of hydrogen-bond acceptors (Lipinski definition) is 3. The van der Waals surface area contributed by atoms with E-state index < -0.39 is 0 Å². The molecule has 0 radical (unpaired) electrons. The lowest BCUT2D eigenvalue weighted by molar-refractivity contribution is 0.377. The van der Waals surface area contributed by atoms with Crippen molar-refractivity contribution in [2.24, 2.45) is 5.92 Å². The smallest absolute Gasteiger partial charge is 0.128 e. The Morgan fingerprint density at radius 2 is 2.05 bits per heavy atom. The van der Waals surface area contributed by atoms with Crippen molar-refractivity contribution in [2.45, 2.75) is 52.5 Å². The first-order valence-corrected chi connectivity index (χ1v) is 8.18. The summed E-state index contributed by atoms with van der Waals surface area (Å²) in [5.41, 5.74) is 1.27. The Balaban J connectivity index is 1.91. The summed E-state index contributed by atoms with van der Waals surface area (Å²) in [5, 5.41) is 3.43. The lowest BCUT2D eigenvalue weighted by atomic mass is 9.92. The summed E-state index contributed by atoms with van der Waals surface area (Å²) in [4.78, 5) is 7.10. The van der Waals surface area contributed by atoms with Gasteiger partial charge in [-0.2, -0.15) is 0 Å². The van der Waals surface area contributed by atoms with Gasteiger partial charge in [0.15, 0.2) is 0 Å². The predicted octanol–water partition coefficient (Wildman–Crippen LogP) is 3.77. The van der Waals surface area contributed by atoms with Crippen LogP contribution in [0.3, 0.4) is 0 Å². The molecule has 1 aromatic heterocycles. The molecule has 20 heavy (non-hydrogen) atoms. The number of aromatic nitrogens is 1. The van der Waals surface area contributed by atoms with Gasteiger partial charge in [-0.3, -0.25) is 0 Å². The molecule has 3 nitrogen and oxygen atoms in total. The third-order valence-corrected chi connectivity index (χ3v) is 4.42. The molecule has 1 fully saturated rings. The summed E-state index contributed by atoms with van der Waals surface area (Å²) < 4.78 is 0. The lowest BCUT2D eigenvalue weighted by Crippen LogP contribution is -2.34. The first-order valence-electron chi connectivity index (χ1n) is 8.18. The summed E-state index contributed by atoms with van der Waals surface area (Å²) in [7, 11) is 0. The van der Waals surface area contributed by atoms with E-state index in [2.05, 4.69) is 48.1 Å². The molecule has 2 rings (SSSR count). The van der Waals surface area contributed by atoms with Gasteiger partial charge in [0.05, 0.1) is 0 Å². The lowest BCUT2D eigenvalue weighted by Gasteiger charge is -2.32. The molecule has 0 saturated carbocycles. The summed E-state index contributed by atoms with van der Waals surface area (Å²) >= 11 is 0. The van der Waals surface area contributed by atoms with Crippen LogP contribution in [-0.2, 0) is 0 Å². The SMILES string of the molecule is CCCC1CCN(c2ccc(C(C)NCC)cn2)CC1. The van der Waals surface area contributed by atoms with Gasteiger partial charge in [0.1, 0.15) is 5.82 Å². The Kier molecular flexibility index (Phi) is 5.84.